The summed E-state index contributed by atoms with van der Waals surface area (Å²) in [6.45, 7) is 7.68. The molecular formula is C37H49FN6O12S. The summed E-state index contributed by atoms with van der Waals surface area (Å²) in [6, 6.07) is 1.51. The third-order valence-electron chi connectivity index (χ3n) is 10.6. The van der Waals surface area contributed by atoms with Gasteiger partial charge < -0.3 is 39.8 Å². The second kappa shape index (κ2) is 15.8. The molecule has 2 saturated carbocycles. The molecule has 0 aromatic heterocycles. The molecule has 5 aliphatic rings. The summed E-state index contributed by atoms with van der Waals surface area (Å²) in [5.74, 6) is -4.44. The number of aliphatic hydroxyl groups is 1. The molecule has 1 aromatic rings. The van der Waals surface area contributed by atoms with Crippen LogP contribution < -0.4 is 15.4 Å². The Morgan fingerprint density at radius 2 is 1.86 bits per heavy atom. The van der Waals surface area contributed by atoms with Crippen molar-refractivity contribution < 1.29 is 60.9 Å². The average molecular weight is 821 g/mol. The largest absolute Gasteiger partial charge is 0.444 e. The number of likely N-dealkylation sites (N-methyl/N-ethyl adjacent to an activating group) is 1. The Hall–Kier alpha value is -4.82. The highest BCUT2D eigenvalue weighted by atomic mass is 32.2. The van der Waals surface area contributed by atoms with Gasteiger partial charge >= 0.3 is 12.2 Å². The van der Waals surface area contributed by atoms with E-state index in [-0.39, 0.29) is 45.3 Å². The highest BCUT2D eigenvalue weighted by Crippen LogP contribution is 2.45. The van der Waals surface area contributed by atoms with Gasteiger partial charge in [0, 0.05) is 44.5 Å². The summed E-state index contributed by atoms with van der Waals surface area (Å²) < 4.78 is 58.4. The van der Waals surface area contributed by atoms with Crippen molar-refractivity contribution in [3.63, 3.8) is 0 Å². The lowest BCUT2D eigenvalue weighted by molar-refractivity contribution is -0.153. The molecule has 6 rings (SSSR count). The van der Waals surface area contributed by atoms with Crippen molar-refractivity contribution in [1.29, 1.82) is 0 Å². The molecule has 0 radical (unpaired) electrons. The van der Waals surface area contributed by atoms with Crippen molar-refractivity contribution >= 4 is 45.8 Å². The number of hydrogen-bond acceptors (Lipinski definition) is 12. The Labute approximate surface area is 329 Å². The minimum atomic E-state index is -4.00. The Morgan fingerprint density at radius 1 is 1.14 bits per heavy atom. The van der Waals surface area contributed by atoms with E-state index in [1.54, 1.807) is 26.8 Å². The number of carbonyl (C=O) groups is 6. The number of fused-ring (bicyclic) bond motifs is 1. The van der Waals surface area contributed by atoms with Crippen LogP contribution in [0.15, 0.2) is 30.9 Å². The lowest BCUT2D eigenvalue weighted by Gasteiger charge is -2.32. The summed E-state index contributed by atoms with van der Waals surface area (Å²) in [7, 11) is -2.63. The molecule has 2 aliphatic carbocycles. The molecule has 20 heteroatoms. The summed E-state index contributed by atoms with van der Waals surface area (Å²) >= 11 is 0. The molecule has 4 N–H and O–H groups in total. The molecule has 1 aromatic carbocycles. The van der Waals surface area contributed by atoms with E-state index in [0.717, 1.165) is 9.80 Å². The first-order valence-electron chi connectivity index (χ1n) is 18.8. The maximum absolute atomic E-state index is 14.6. The fourth-order valence-electron chi connectivity index (χ4n) is 7.37. The zero-order valence-electron chi connectivity index (χ0n) is 32.2. The molecule has 7 unspecified atom stereocenters. The van der Waals surface area contributed by atoms with E-state index < -0.39 is 111 Å². The van der Waals surface area contributed by atoms with Crippen molar-refractivity contribution in [1.82, 2.24) is 30.1 Å². The molecule has 6 amide bonds. The number of amides is 6. The van der Waals surface area contributed by atoms with Crippen LogP contribution in [-0.4, -0.2) is 131 Å². The zero-order chi connectivity index (χ0) is 41.6. The van der Waals surface area contributed by atoms with Crippen LogP contribution in [0.25, 0.3) is 0 Å². The number of halogens is 1. The van der Waals surface area contributed by atoms with Gasteiger partial charge in [0.25, 0.3) is 11.8 Å². The van der Waals surface area contributed by atoms with Crippen LogP contribution in [0, 0.1) is 11.7 Å². The number of likely N-dealkylation sites (tertiary alicyclic amines) is 1. The first-order chi connectivity index (χ1) is 26.7. The SMILES string of the molecule is C=CC1CC1(NC(=O)C1CC(OC(=O)N2Cc3cccc(F)c3C2)CN1C(=O)C(CN(C)C(=O)C1CCC(O)O1)NC(=O)OC(C)(C)C)C(=O)NS(=O)(=O)C1CC1. The molecular weight excluding hydrogens is 772 g/mol. The molecule has 7 atom stereocenters. The van der Waals surface area contributed by atoms with Crippen LogP contribution in [0.1, 0.15) is 70.4 Å². The summed E-state index contributed by atoms with van der Waals surface area (Å²) in [5.41, 5.74) is -1.78. The van der Waals surface area contributed by atoms with Gasteiger partial charge in [-0.3, -0.25) is 28.8 Å². The van der Waals surface area contributed by atoms with Gasteiger partial charge in [-0.2, -0.15) is 0 Å². The van der Waals surface area contributed by atoms with Crippen molar-refractivity contribution in [3.8, 4) is 0 Å². The summed E-state index contributed by atoms with van der Waals surface area (Å²) in [6.07, 6.45) is -2.78. The number of rotatable bonds is 12. The molecule has 3 aliphatic heterocycles. The van der Waals surface area contributed by atoms with Gasteiger partial charge in [-0.1, -0.05) is 18.2 Å². The minimum Gasteiger partial charge on any atom is -0.444 e. The van der Waals surface area contributed by atoms with E-state index >= 15 is 0 Å². The zero-order valence-corrected chi connectivity index (χ0v) is 33.0. The number of sulfonamides is 1. The third-order valence-corrected chi connectivity index (χ3v) is 12.5. The summed E-state index contributed by atoms with van der Waals surface area (Å²) in [4.78, 5) is 85.6. The fourth-order valence-corrected chi connectivity index (χ4v) is 8.73. The number of alkyl carbamates (subject to hydrolysis) is 1. The smallest absolute Gasteiger partial charge is 0.410 e. The van der Waals surface area contributed by atoms with Gasteiger partial charge in [0.05, 0.1) is 18.3 Å². The Balaban J connectivity index is 1.25. The van der Waals surface area contributed by atoms with Crippen LogP contribution in [0.3, 0.4) is 0 Å². The van der Waals surface area contributed by atoms with Crippen LogP contribution in [0.4, 0.5) is 14.0 Å². The van der Waals surface area contributed by atoms with E-state index in [9.17, 15) is 46.7 Å². The average Bonchev–Trinajstić information content (AvgIpc) is 3.95. The maximum atomic E-state index is 14.6. The fraction of sp³-hybridized carbons (Fsp3) is 0.622. The highest BCUT2D eigenvalue weighted by molar-refractivity contribution is 7.91. The van der Waals surface area contributed by atoms with Crippen molar-refractivity contribution in [2.75, 3.05) is 20.1 Å². The van der Waals surface area contributed by atoms with E-state index in [4.69, 9.17) is 14.2 Å². The second-order valence-electron chi connectivity index (χ2n) is 16.2. The molecule has 0 spiro atoms. The predicted molar refractivity (Wildman–Crippen MR) is 196 cm³/mol. The first-order valence-corrected chi connectivity index (χ1v) is 20.4. The second-order valence-corrected chi connectivity index (χ2v) is 18.2. The predicted octanol–water partition coefficient (Wildman–Crippen LogP) is 0.766. The number of carbonyl (C=O) groups excluding carboxylic acids is 6. The van der Waals surface area contributed by atoms with Gasteiger partial charge in [0.1, 0.15) is 41.2 Å². The number of ether oxygens (including phenoxy) is 3. The van der Waals surface area contributed by atoms with Gasteiger partial charge in [-0.25, -0.2) is 22.4 Å². The number of aliphatic hydroxyl groups excluding tert-OH is 1. The number of benzene rings is 1. The van der Waals surface area contributed by atoms with Crippen molar-refractivity contribution in [2.24, 2.45) is 5.92 Å². The normalized spacial score (nSPS) is 27.2. The molecule has 18 nitrogen and oxygen atoms in total. The van der Waals surface area contributed by atoms with Gasteiger partial charge in [-0.05, 0) is 58.1 Å². The molecule has 2 saturated heterocycles. The van der Waals surface area contributed by atoms with Crippen molar-refractivity contribution in [2.45, 2.75) is 119 Å². The third kappa shape index (κ3) is 9.33. The molecule has 57 heavy (non-hydrogen) atoms. The Bertz CT molecular complexity index is 1940. The van der Waals surface area contributed by atoms with Gasteiger partial charge in [-0.15, -0.1) is 6.58 Å². The Kier molecular flexibility index (Phi) is 11.6. The minimum absolute atomic E-state index is 0.0209. The van der Waals surface area contributed by atoms with Crippen molar-refractivity contribution in [3.05, 3.63) is 47.8 Å². The number of nitrogens with one attached hydrogen (secondary N) is 3. The topological polar surface area (TPSA) is 230 Å². The van der Waals surface area contributed by atoms with Crippen LogP contribution in [0.5, 0.6) is 0 Å². The molecule has 0 bridgehead atoms. The quantitative estimate of drug-likeness (QED) is 0.214. The van der Waals surface area contributed by atoms with E-state index in [0.29, 0.717) is 24.0 Å². The summed E-state index contributed by atoms with van der Waals surface area (Å²) in [5, 5.41) is 14.2. The standard InChI is InChI=1S/C37H49FN6O12S/c1-6-21-15-37(21,33(49)41-57(52,53)23-10-11-23)40-30(46)27-14-22(54-35(51)43-16-20-8-7-9-25(38)24(20)18-43)17-44(27)31(47)26(39-34(50)56-36(2,3)4)19-42(5)32(48)28-12-13-29(45)55-28/h6-9,21-23,26-29,45H,1,10-19H2,2-5H3,(H,39,50)(H,40,46)(H,41,49). The lowest BCUT2D eigenvalue weighted by Crippen LogP contribution is -2.60. The Morgan fingerprint density at radius 3 is 2.46 bits per heavy atom. The van der Waals surface area contributed by atoms with Crippen LogP contribution in [0.2, 0.25) is 0 Å². The number of hydrogen-bond donors (Lipinski definition) is 4. The van der Waals surface area contributed by atoms with Crippen LogP contribution >= 0.6 is 0 Å². The molecule has 4 fully saturated rings. The van der Waals surface area contributed by atoms with E-state index in [1.165, 1.54) is 30.2 Å². The molecule has 312 valence electrons. The first kappa shape index (κ1) is 41.8. The maximum Gasteiger partial charge on any atom is 0.410 e. The monoisotopic (exact) mass is 820 g/mol. The van der Waals surface area contributed by atoms with Gasteiger partial charge in [0.2, 0.25) is 21.8 Å². The molecule has 3 heterocycles. The number of nitrogens with zero attached hydrogens (tertiary/aromatic N) is 3. The van der Waals surface area contributed by atoms with E-state index in [2.05, 4.69) is 21.9 Å². The lowest BCUT2D eigenvalue weighted by atomic mass is 10.1. The van der Waals surface area contributed by atoms with Gasteiger partial charge in [0.15, 0.2) is 6.29 Å². The van der Waals surface area contributed by atoms with E-state index in [1.807, 2.05) is 0 Å². The highest BCUT2D eigenvalue weighted by Gasteiger charge is 2.62. The van der Waals surface area contributed by atoms with Crippen LogP contribution in [-0.2, 0) is 56.5 Å².